The van der Waals surface area contributed by atoms with Crippen molar-refractivity contribution >= 4 is 29.5 Å². The second kappa shape index (κ2) is 7.75. The summed E-state index contributed by atoms with van der Waals surface area (Å²) in [7, 11) is 1.56. The van der Waals surface area contributed by atoms with Gasteiger partial charge in [-0.2, -0.15) is 10.2 Å². The molecule has 1 saturated carbocycles. The third-order valence-corrected chi connectivity index (χ3v) is 5.95. The summed E-state index contributed by atoms with van der Waals surface area (Å²) in [6.07, 6.45) is 0.358. The summed E-state index contributed by atoms with van der Waals surface area (Å²) in [5, 5.41) is 11.2. The van der Waals surface area contributed by atoms with E-state index < -0.39 is 40.9 Å². The number of carbonyl (C=O) groups is 5. The van der Waals surface area contributed by atoms with Crippen LogP contribution in [0.3, 0.4) is 0 Å². The molecular formula is C19H22F2N4O6. The Kier molecular flexibility index (Phi) is 5.59. The van der Waals surface area contributed by atoms with Crippen molar-refractivity contribution in [2.75, 3.05) is 14.1 Å². The average molecular weight is 440 g/mol. The van der Waals surface area contributed by atoms with E-state index in [1.165, 1.54) is 11.5 Å². The SMILES string of the molecule is Cc1c(C(=O)O)c2n(c1C(=O)C(=O)NC1CC(C(=O)N(C)F)(C(=O)N(C)F)C1)CCC2. The summed E-state index contributed by atoms with van der Waals surface area (Å²) in [5.74, 6) is -5.68. The minimum atomic E-state index is -2.00. The van der Waals surface area contributed by atoms with Gasteiger partial charge in [-0.15, -0.1) is 0 Å². The Morgan fingerprint density at radius 1 is 1.10 bits per heavy atom. The molecule has 3 rings (SSSR count). The zero-order chi connectivity index (χ0) is 23.2. The highest BCUT2D eigenvalue weighted by molar-refractivity contribution is 6.43. The van der Waals surface area contributed by atoms with Gasteiger partial charge >= 0.3 is 5.97 Å². The number of ketones is 1. The van der Waals surface area contributed by atoms with Crippen LogP contribution >= 0.6 is 0 Å². The molecule has 1 aliphatic carbocycles. The number of halogens is 2. The van der Waals surface area contributed by atoms with Crippen LogP contribution in [0.15, 0.2) is 0 Å². The molecule has 1 fully saturated rings. The lowest BCUT2D eigenvalue weighted by molar-refractivity contribution is -0.180. The monoisotopic (exact) mass is 440 g/mol. The normalized spacial score (nSPS) is 16.8. The molecule has 31 heavy (non-hydrogen) atoms. The number of aromatic nitrogens is 1. The van der Waals surface area contributed by atoms with Crippen LogP contribution < -0.4 is 5.32 Å². The number of carboxylic acids is 1. The minimum absolute atomic E-state index is 0.00414. The highest BCUT2D eigenvalue weighted by Crippen LogP contribution is 2.44. The van der Waals surface area contributed by atoms with Gasteiger partial charge in [-0.25, -0.2) is 4.79 Å². The molecule has 0 radical (unpaired) electrons. The van der Waals surface area contributed by atoms with Gasteiger partial charge in [-0.05, 0) is 38.2 Å². The second-order valence-corrected chi connectivity index (χ2v) is 7.91. The van der Waals surface area contributed by atoms with E-state index in [1.54, 1.807) is 0 Å². The lowest BCUT2D eigenvalue weighted by Crippen LogP contribution is -2.62. The molecule has 1 aromatic heterocycles. The van der Waals surface area contributed by atoms with Gasteiger partial charge in [-0.3, -0.25) is 19.2 Å². The molecule has 168 valence electrons. The van der Waals surface area contributed by atoms with Crippen molar-refractivity contribution in [3.63, 3.8) is 0 Å². The number of aromatic carboxylic acids is 1. The largest absolute Gasteiger partial charge is 0.478 e. The predicted molar refractivity (Wildman–Crippen MR) is 100 cm³/mol. The number of Topliss-reactive ketones (excluding diaryl/α,β-unsaturated/α-hetero) is 1. The Bertz CT molecular complexity index is 972. The maximum Gasteiger partial charge on any atom is 0.337 e. The Labute approximate surface area is 175 Å². The summed E-state index contributed by atoms with van der Waals surface area (Å²) >= 11 is 0. The van der Waals surface area contributed by atoms with E-state index in [1.807, 2.05) is 0 Å². The van der Waals surface area contributed by atoms with Gasteiger partial charge in [0.1, 0.15) is 5.41 Å². The van der Waals surface area contributed by atoms with Crippen molar-refractivity contribution in [2.24, 2.45) is 5.41 Å². The van der Waals surface area contributed by atoms with Gasteiger partial charge in [0.05, 0.1) is 11.3 Å². The number of nitrogens with one attached hydrogen (secondary N) is 1. The summed E-state index contributed by atoms with van der Waals surface area (Å²) < 4.78 is 28.3. The lowest BCUT2D eigenvalue weighted by Gasteiger charge is -2.45. The first-order chi connectivity index (χ1) is 14.4. The van der Waals surface area contributed by atoms with Gasteiger partial charge in [0.2, 0.25) is 0 Å². The number of amides is 3. The van der Waals surface area contributed by atoms with E-state index >= 15 is 0 Å². The fraction of sp³-hybridized carbons (Fsp3) is 0.526. The van der Waals surface area contributed by atoms with E-state index in [0.717, 1.165) is 14.1 Å². The van der Waals surface area contributed by atoms with Crippen molar-refractivity contribution < 1.29 is 38.0 Å². The quantitative estimate of drug-likeness (QED) is 0.288. The summed E-state index contributed by atoms with van der Waals surface area (Å²) in [4.78, 5) is 61.1. The van der Waals surface area contributed by atoms with Crippen LogP contribution in [0.4, 0.5) is 8.96 Å². The summed E-state index contributed by atoms with van der Waals surface area (Å²) in [6, 6.07) is -0.837. The van der Waals surface area contributed by atoms with E-state index in [4.69, 9.17) is 0 Å². The first kappa shape index (κ1) is 22.4. The first-order valence-electron chi connectivity index (χ1n) is 9.60. The summed E-state index contributed by atoms with van der Waals surface area (Å²) in [5.41, 5.74) is -1.35. The van der Waals surface area contributed by atoms with E-state index in [9.17, 15) is 38.0 Å². The topological polar surface area (TPSA) is 129 Å². The third-order valence-electron chi connectivity index (χ3n) is 5.95. The van der Waals surface area contributed by atoms with Gasteiger partial charge in [0.15, 0.2) is 0 Å². The van der Waals surface area contributed by atoms with Crippen molar-refractivity contribution in [3.8, 4) is 0 Å². The van der Waals surface area contributed by atoms with Crippen molar-refractivity contribution in [1.29, 1.82) is 0 Å². The smallest absolute Gasteiger partial charge is 0.337 e. The Hall–Kier alpha value is -3.31. The second-order valence-electron chi connectivity index (χ2n) is 7.91. The zero-order valence-electron chi connectivity index (χ0n) is 17.2. The molecule has 0 bridgehead atoms. The first-order valence-corrected chi connectivity index (χ1v) is 9.60. The van der Waals surface area contributed by atoms with Crippen LogP contribution in [-0.4, -0.2) is 69.5 Å². The van der Waals surface area contributed by atoms with E-state index in [2.05, 4.69) is 5.32 Å². The molecule has 12 heteroatoms. The van der Waals surface area contributed by atoms with Crippen molar-refractivity contribution in [1.82, 2.24) is 20.1 Å². The van der Waals surface area contributed by atoms with Crippen LogP contribution in [0, 0.1) is 12.3 Å². The molecule has 1 aliphatic heterocycles. The van der Waals surface area contributed by atoms with Crippen LogP contribution in [0.1, 0.15) is 51.4 Å². The zero-order valence-corrected chi connectivity index (χ0v) is 17.2. The van der Waals surface area contributed by atoms with Crippen molar-refractivity contribution in [2.45, 2.75) is 45.2 Å². The van der Waals surface area contributed by atoms with Gasteiger partial charge in [-0.1, -0.05) is 8.96 Å². The molecule has 0 atom stereocenters. The third kappa shape index (κ3) is 3.45. The highest BCUT2D eigenvalue weighted by atomic mass is 19.2. The van der Waals surface area contributed by atoms with Crippen LogP contribution in [0.5, 0.6) is 0 Å². The number of hydrogen-bond acceptors (Lipinski definition) is 5. The predicted octanol–water partition coefficient (Wildman–Crippen LogP) is 0.574. The van der Waals surface area contributed by atoms with Crippen LogP contribution in [0.2, 0.25) is 0 Å². The number of rotatable bonds is 6. The molecule has 0 unspecified atom stereocenters. The van der Waals surface area contributed by atoms with Crippen molar-refractivity contribution in [3.05, 3.63) is 22.5 Å². The standard InChI is InChI=1S/C19H22F2N4O6/c1-9-12(16(28)29)11-5-4-6-25(11)13(9)14(26)15(27)22-10-7-19(8-10,17(30)23(2)20)18(31)24(3)21/h10H,4-8H2,1-3H3,(H,22,27)(H,28,29). The van der Waals surface area contributed by atoms with E-state index in [-0.39, 0.29) is 39.9 Å². The Morgan fingerprint density at radius 2 is 1.65 bits per heavy atom. The molecular weight excluding hydrogens is 418 g/mol. The molecule has 2 N–H and O–H groups in total. The van der Waals surface area contributed by atoms with E-state index in [0.29, 0.717) is 25.1 Å². The fourth-order valence-electron chi connectivity index (χ4n) is 4.57. The van der Waals surface area contributed by atoms with Crippen LogP contribution in [0.25, 0.3) is 0 Å². The van der Waals surface area contributed by atoms with Gasteiger partial charge < -0.3 is 15.0 Å². The number of nitrogens with zero attached hydrogens (tertiary/aromatic N) is 3. The molecule has 10 nitrogen and oxygen atoms in total. The molecule has 1 aromatic rings. The molecule has 3 amide bonds. The summed E-state index contributed by atoms with van der Waals surface area (Å²) in [6.45, 7) is 1.86. The average Bonchev–Trinajstić information content (AvgIpc) is 3.21. The lowest BCUT2D eigenvalue weighted by atomic mass is 9.63. The number of fused-ring (bicyclic) bond motifs is 1. The maximum atomic E-state index is 13.4. The molecule has 0 aromatic carbocycles. The fourth-order valence-corrected chi connectivity index (χ4v) is 4.57. The molecule has 2 heterocycles. The number of hydrogen-bond donors (Lipinski definition) is 2. The van der Waals surface area contributed by atoms with Gasteiger partial charge in [0, 0.05) is 32.4 Å². The highest BCUT2D eigenvalue weighted by Gasteiger charge is 2.59. The van der Waals surface area contributed by atoms with Crippen LogP contribution in [-0.2, 0) is 27.3 Å². The number of carboxylic acid groups (broad SMARTS) is 1. The molecule has 0 saturated heterocycles. The maximum absolute atomic E-state index is 13.4. The van der Waals surface area contributed by atoms with Gasteiger partial charge in [0.25, 0.3) is 23.5 Å². The molecule has 2 aliphatic rings. The number of carbonyl (C=O) groups excluding carboxylic acids is 4. The minimum Gasteiger partial charge on any atom is -0.478 e. The molecule has 0 spiro atoms. The Balaban J connectivity index is 1.78. The Morgan fingerprint density at radius 3 is 2.13 bits per heavy atom.